The van der Waals surface area contributed by atoms with Crippen molar-refractivity contribution >= 4 is 29.0 Å². The molecule has 0 amide bonds. The van der Waals surface area contributed by atoms with Crippen LogP contribution in [0.5, 0.6) is 0 Å². The van der Waals surface area contributed by atoms with Gasteiger partial charge in [0.15, 0.2) is 5.82 Å². The molecule has 1 saturated heterocycles. The maximum atomic E-state index is 13.1. The number of aryl methyl sites for hydroxylation is 1. The summed E-state index contributed by atoms with van der Waals surface area (Å²) in [6.07, 6.45) is 1.51. The van der Waals surface area contributed by atoms with Gasteiger partial charge in [0.2, 0.25) is 0 Å². The quantitative estimate of drug-likeness (QED) is 0.750. The van der Waals surface area contributed by atoms with Crippen LogP contribution in [-0.2, 0) is 6.61 Å². The van der Waals surface area contributed by atoms with Crippen LogP contribution < -0.4 is 10.6 Å². The SMILES string of the molecule is Cc1nc(N2CCC(C)(C(N)CF)CC2)c(CO)nc1-c1cccc(Cl)c1Cl. The lowest BCUT2D eigenvalue weighted by molar-refractivity contribution is 0.169. The molecule has 2 aromatic rings. The third-order valence-electron chi connectivity index (χ3n) is 5.74. The minimum atomic E-state index is -0.521. The summed E-state index contributed by atoms with van der Waals surface area (Å²) in [5, 5.41) is 10.8. The number of nitrogens with zero attached hydrogens (tertiary/aromatic N) is 3. The van der Waals surface area contributed by atoms with Crippen LogP contribution in [0.2, 0.25) is 10.0 Å². The van der Waals surface area contributed by atoms with Crippen LogP contribution in [-0.4, -0.2) is 40.9 Å². The number of benzene rings is 1. The molecule has 0 aliphatic carbocycles. The van der Waals surface area contributed by atoms with E-state index < -0.39 is 12.7 Å². The second-order valence-electron chi connectivity index (χ2n) is 7.59. The third kappa shape index (κ3) is 3.96. The standard InChI is InChI=1S/C20H25Cl2FN4O/c1-12-18(13-4-3-5-14(21)17(13)22)26-15(11-28)19(25-12)27-8-6-20(2,7-9-27)16(24)10-23/h3-5,16,28H,6-11,24H2,1-2H3. The molecule has 1 aliphatic rings. The monoisotopic (exact) mass is 426 g/mol. The Kier molecular flexibility index (Phi) is 6.44. The molecule has 28 heavy (non-hydrogen) atoms. The summed E-state index contributed by atoms with van der Waals surface area (Å²) in [6, 6.07) is 4.88. The first-order valence-corrected chi connectivity index (χ1v) is 10.1. The molecule has 0 bridgehead atoms. The topological polar surface area (TPSA) is 75.3 Å². The number of nitrogens with two attached hydrogens (primary N) is 1. The van der Waals surface area contributed by atoms with Gasteiger partial charge in [0, 0.05) is 24.7 Å². The Hall–Kier alpha value is -1.47. The van der Waals surface area contributed by atoms with E-state index in [1.807, 2.05) is 19.9 Å². The van der Waals surface area contributed by atoms with Crippen LogP contribution >= 0.6 is 23.2 Å². The number of aromatic nitrogens is 2. The molecule has 5 nitrogen and oxygen atoms in total. The average Bonchev–Trinajstić information content (AvgIpc) is 2.70. The van der Waals surface area contributed by atoms with Crippen molar-refractivity contribution in [3.63, 3.8) is 0 Å². The average molecular weight is 427 g/mol. The van der Waals surface area contributed by atoms with Gasteiger partial charge in [-0.3, -0.25) is 0 Å². The maximum Gasteiger partial charge on any atom is 0.153 e. The second kappa shape index (κ2) is 8.49. The van der Waals surface area contributed by atoms with Crippen molar-refractivity contribution in [1.29, 1.82) is 0 Å². The number of piperidine rings is 1. The lowest BCUT2D eigenvalue weighted by Gasteiger charge is -2.43. The number of aliphatic hydroxyl groups excluding tert-OH is 1. The molecule has 0 saturated carbocycles. The van der Waals surface area contributed by atoms with Gasteiger partial charge in [-0.1, -0.05) is 42.3 Å². The molecule has 1 fully saturated rings. The first-order valence-electron chi connectivity index (χ1n) is 9.30. The highest BCUT2D eigenvalue weighted by Gasteiger charge is 2.36. The van der Waals surface area contributed by atoms with Crippen molar-refractivity contribution in [3.8, 4) is 11.3 Å². The first-order chi connectivity index (χ1) is 13.3. The van der Waals surface area contributed by atoms with E-state index in [0.717, 1.165) is 12.8 Å². The van der Waals surface area contributed by atoms with E-state index in [-0.39, 0.29) is 12.0 Å². The number of hydrogen-bond donors (Lipinski definition) is 2. The number of halogens is 3. The number of aliphatic hydroxyl groups is 1. The van der Waals surface area contributed by atoms with Gasteiger partial charge in [0.25, 0.3) is 0 Å². The molecule has 3 N–H and O–H groups in total. The van der Waals surface area contributed by atoms with Crippen molar-refractivity contribution < 1.29 is 9.50 Å². The number of anilines is 1. The summed E-state index contributed by atoms with van der Waals surface area (Å²) in [4.78, 5) is 11.5. The Bertz CT molecular complexity index is 856. The first kappa shape index (κ1) is 21.2. The Morgan fingerprint density at radius 3 is 2.57 bits per heavy atom. The van der Waals surface area contributed by atoms with Crippen LogP contribution in [0.4, 0.5) is 10.2 Å². The fraction of sp³-hybridized carbons (Fsp3) is 0.500. The predicted molar refractivity (Wildman–Crippen MR) is 112 cm³/mol. The van der Waals surface area contributed by atoms with Crippen LogP contribution in [0.3, 0.4) is 0 Å². The van der Waals surface area contributed by atoms with E-state index in [2.05, 4.69) is 9.88 Å². The third-order valence-corrected chi connectivity index (χ3v) is 6.56. The van der Waals surface area contributed by atoms with E-state index in [9.17, 15) is 9.50 Å². The second-order valence-corrected chi connectivity index (χ2v) is 8.37. The molecule has 8 heteroatoms. The molecule has 152 valence electrons. The summed E-state index contributed by atoms with van der Waals surface area (Å²) in [5.41, 5.74) is 8.20. The Morgan fingerprint density at radius 1 is 1.29 bits per heavy atom. The van der Waals surface area contributed by atoms with Crippen LogP contribution in [0.1, 0.15) is 31.2 Å². The summed E-state index contributed by atoms with van der Waals surface area (Å²) in [6.45, 7) is 4.49. The minimum absolute atomic E-state index is 0.235. The van der Waals surface area contributed by atoms with Crippen molar-refractivity contribution in [2.45, 2.75) is 39.3 Å². The molecule has 2 heterocycles. The van der Waals surface area contributed by atoms with Gasteiger partial charge < -0.3 is 15.7 Å². The van der Waals surface area contributed by atoms with Gasteiger partial charge >= 0.3 is 0 Å². The van der Waals surface area contributed by atoms with Crippen molar-refractivity contribution in [3.05, 3.63) is 39.6 Å². The summed E-state index contributed by atoms with van der Waals surface area (Å²) in [5.74, 6) is 0.651. The van der Waals surface area contributed by atoms with Crippen LogP contribution in [0.25, 0.3) is 11.3 Å². The highest BCUT2D eigenvalue weighted by Crippen LogP contribution is 2.38. The Morgan fingerprint density at radius 2 is 1.96 bits per heavy atom. The van der Waals surface area contributed by atoms with Crippen molar-refractivity contribution in [2.75, 3.05) is 24.7 Å². The molecule has 1 aliphatic heterocycles. The highest BCUT2D eigenvalue weighted by molar-refractivity contribution is 6.43. The largest absolute Gasteiger partial charge is 0.390 e. The molecule has 1 unspecified atom stereocenters. The van der Waals surface area contributed by atoms with E-state index in [4.69, 9.17) is 33.9 Å². The highest BCUT2D eigenvalue weighted by atomic mass is 35.5. The molecule has 0 radical (unpaired) electrons. The Labute approximate surface area is 174 Å². The normalized spacial score (nSPS) is 17.6. The van der Waals surface area contributed by atoms with Gasteiger partial charge in [-0.05, 0) is 31.2 Å². The van der Waals surface area contributed by atoms with E-state index >= 15 is 0 Å². The lowest BCUT2D eigenvalue weighted by atomic mass is 9.75. The summed E-state index contributed by atoms with van der Waals surface area (Å²) in [7, 11) is 0. The molecule has 3 rings (SSSR count). The zero-order valence-electron chi connectivity index (χ0n) is 16.1. The number of alkyl halides is 1. The van der Waals surface area contributed by atoms with Crippen molar-refractivity contribution in [1.82, 2.24) is 9.97 Å². The zero-order chi connectivity index (χ0) is 20.5. The van der Waals surface area contributed by atoms with E-state index in [0.29, 0.717) is 51.6 Å². The lowest BCUT2D eigenvalue weighted by Crippen LogP contribution is -2.49. The van der Waals surface area contributed by atoms with Gasteiger partial charge in [-0.15, -0.1) is 0 Å². The maximum absolute atomic E-state index is 13.1. The fourth-order valence-corrected chi connectivity index (χ4v) is 4.02. The van der Waals surface area contributed by atoms with Crippen LogP contribution in [0.15, 0.2) is 18.2 Å². The van der Waals surface area contributed by atoms with E-state index in [1.54, 1.807) is 12.1 Å². The number of rotatable bonds is 5. The van der Waals surface area contributed by atoms with Gasteiger partial charge in [-0.25, -0.2) is 14.4 Å². The minimum Gasteiger partial charge on any atom is -0.390 e. The molecule has 1 aromatic heterocycles. The van der Waals surface area contributed by atoms with E-state index in [1.165, 1.54) is 0 Å². The van der Waals surface area contributed by atoms with Gasteiger partial charge in [0.05, 0.1) is 28.0 Å². The smallest absolute Gasteiger partial charge is 0.153 e. The Balaban J connectivity index is 1.92. The number of hydrogen-bond acceptors (Lipinski definition) is 5. The fourth-order valence-electron chi connectivity index (χ4n) is 3.63. The summed E-state index contributed by atoms with van der Waals surface area (Å²) < 4.78 is 13.1. The molecular formula is C20H25Cl2FN4O. The molecule has 1 aromatic carbocycles. The zero-order valence-corrected chi connectivity index (χ0v) is 17.6. The molecular weight excluding hydrogens is 402 g/mol. The van der Waals surface area contributed by atoms with Gasteiger partial charge in [0.1, 0.15) is 12.4 Å². The van der Waals surface area contributed by atoms with Crippen LogP contribution in [0, 0.1) is 12.3 Å². The van der Waals surface area contributed by atoms with Gasteiger partial charge in [-0.2, -0.15) is 0 Å². The molecule has 1 atom stereocenters. The molecule has 0 spiro atoms. The summed E-state index contributed by atoms with van der Waals surface area (Å²) >= 11 is 12.5. The van der Waals surface area contributed by atoms with Crippen molar-refractivity contribution in [2.24, 2.45) is 11.1 Å². The predicted octanol–water partition coefficient (Wildman–Crippen LogP) is 4.15.